The number of nitrogens with one attached hydrogen (secondary N) is 1. The van der Waals surface area contributed by atoms with Gasteiger partial charge >= 0.3 is 0 Å². The van der Waals surface area contributed by atoms with Gasteiger partial charge in [0, 0.05) is 6.42 Å². The highest BCUT2D eigenvalue weighted by molar-refractivity contribution is 7.45. The number of hydrogen-bond acceptors (Lipinski definition) is 6. The van der Waals surface area contributed by atoms with E-state index in [1.54, 1.807) is 6.08 Å². The topological polar surface area (TPSA) is 108 Å². The molecule has 0 saturated carbocycles. The Labute approximate surface area is 461 Å². The molecule has 0 saturated heterocycles. The van der Waals surface area contributed by atoms with Gasteiger partial charge in [0.2, 0.25) is 5.91 Å². The first-order chi connectivity index (χ1) is 36.0. The fraction of sp³-hybridized carbons (Fsp3) is 0.892. The molecule has 1 amide bonds. The Balaban J connectivity index is 4.12. The fourth-order valence-electron chi connectivity index (χ4n) is 9.78. The lowest BCUT2D eigenvalue weighted by Gasteiger charge is -2.29. The molecular formula is C65H127N2O6P. The molecule has 0 aliphatic rings. The SMILES string of the molecule is CCCCCCCCCCC/C=C\C/C=C\CCCCCCCCCCCCCCCC(=O)NC(COP(=O)([O-])OCC[N+](C)(C)C)C(O)/C=C/CCCCCCCCCCCCCCCCCCCCCCC. The number of nitrogens with zero attached hydrogens (tertiary/aromatic N) is 1. The smallest absolute Gasteiger partial charge is 0.268 e. The highest BCUT2D eigenvalue weighted by Gasteiger charge is 2.23. The van der Waals surface area contributed by atoms with Crippen molar-refractivity contribution in [2.45, 2.75) is 334 Å². The van der Waals surface area contributed by atoms with Crippen molar-refractivity contribution in [2.24, 2.45) is 0 Å². The minimum atomic E-state index is -4.60. The third-order valence-electron chi connectivity index (χ3n) is 14.8. The summed E-state index contributed by atoms with van der Waals surface area (Å²) >= 11 is 0. The fourth-order valence-corrected chi connectivity index (χ4v) is 10.5. The van der Waals surface area contributed by atoms with Crippen LogP contribution in [0.1, 0.15) is 322 Å². The van der Waals surface area contributed by atoms with Crippen LogP contribution in [0.5, 0.6) is 0 Å². The number of allylic oxidation sites excluding steroid dienone is 5. The number of carbonyl (C=O) groups excluding carboxylic acids is 1. The summed E-state index contributed by atoms with van der Waals surface area (Å²) in [7, 11) is 1.27. The minimum Gasteiger partial charge on any atom is -0.756 e. The van der Waals surface area contributed by atoms with Crippen molar-refractivity contribution in [1.29, 1.82) is 0 Å². The van der Waals surface area contributed by atoms with Gasteiger partial charge in [-0.1, -0.05) is 301 Å². The third kappa shape index (κ3) is 58.4. The van der Waals surface area contributed by atoms with Crippen LogP contribution in [0.2, 0.25) is 0 Å². The zero-order chi connectivity index (χ0) is 54.2. The average molecular weight is 1060 g/mol. The van der Waals surface area contributed by atoms with Crippen molar-refractivity contribution in [3.05, 3.63) is 36.5 Å². The molecule has 0 aromatic rings. The Hall–Kier alpha value is -1.28. The van der Waals surface area contributed by atoms with Gasteiger partial charge in [0.15, 0.2) is 0 Å². The largest absolute Gasteiger partial charge is 0.756 e. The molecule has 438 valence electrons. The maximum atomic E-state index is 13.0. The van der Waals surface area contributed by atoms with Crippen LogP contribution in [0.3, 0.4) is 0 Å². The van der Waals surface area contributed by atoms with E-state index in [4.69, 9.17) is 9.05 Å². The van der Waals surface area contributed by atoms with Crippen LogP contribution in [-0.2, 0) is 18.4 Å². The van der Waals surface area contributed by atoms with Gasteiger partial charge in [-0.05, 0) is 51.4 Å². The summed E-state index contributed by atoms with van der Waals surface area (Å²) in [6.45, 7) is 4.70. The number of aliphatic hydroxyl groups excluding tert-OH is 1. The predicted octanol–water partition coefficient (Wildman–Crippen LogP) is 19.5. The number of rotatable bonds is 60. The zero-order valence-corrected chi connectivity index (χ0v) is 51.0. The molecule has 74 heavy (non-hydrogen) atoms. The molecule has 0 spiro atoms. The number of carbonyl (C=O) groups is 1. The summed E-state index contributed by atoms with van der Waals surface area (Å²) in [6.07, 6.45) is 73.8. The second-order valence-corrected chi connectivity index (χ2v) is 24.9. The maximum absolute atomic E-state index is 13.0. The lowest BCUT2D eigenvalue weighted by molar-refractivity contribution is -0.870. The van der Waals surface area contributed by atoms with Crippen LogP contribution < -0.4 is 10.2 Å². The zero-order valence-electron chi connectivity index (χ0n) is 50.1. The highest BCUT2D eigenvalue weighted by atomic mass is 31.2. The Bertz CT molecular complexity index is 1300. The number of quaternary nitrogens is 1. The van der Waals surface area contributed by atoms with Crippen LogP contribution in [0.15, 0.2) is 36.5 Å². The van der Waals surface area contributed by atoms with Crippen molar-refractivity contribution >= 4 is 13.7 Å². The van der Waals surface area contributed by atoms with Crippen molar-refractivity contribution in [1.82, 2.24) is 5.32 Å². The van der Waals surface area contributed by atoms with E-state index in [0.717, 1.165) is 44.9 Å². The van der Waals surface area contributed by atoms with Gasteiger partial charge in [-0.15, -0.1) is 0 Å². The van der Waals surface area contributed by atoms with E-state index >= 15 is 0 Å². The van der Waals surface area contributed by atoms with E-state index in [1.807, 2.05) is 27.2 Å². The van der Waals surface area contributed by atoms with Crippen LogP contribution in [0.4, 0.5) is 0 Å². The van der Waals surface area contributed by atoms with Gasteiger partial charge in [-0.2, -0.15) is 0 Å². The van der Waals surface area contributed by atoms with E-state index < -0.39 is 20.0 Å². The molecule has 0 fully saturated rings. The summed E-state index contributed by atoms with van der Waals surface area (Å²) in [6, 6.07) is -0.888. The molecular weight excluding hydrogens is 936 g/mol. The Morgan fingerprint density at radius 1 is 0.473 bits per heavy atom. The lowest BCUT2D eigenvalue weighted by atomic mass is 10.0. The molecule has 0 aliphatic heterocycles. The first kappa shape index (κ1) is 72.7. The number of likely N-dealkylation sites (N-methyl/N-ethyl adjacent to an activating group) is 1. The molecule has 0 aromatic carbocycles. The van der Waals surface area contributed by atoms with E-state index in [-0.39, 0.29) is 19.1 Å². The average Bonchev–Trinajstić information content (AvgIpc) is 3.36. The van der Waals surface area contributed by atoms with Crippen LogP contribution in [-0.4, -0.2) is 68.5 Å². The first-order valence-corrected chi connectivity index (χ1v) is 33.8. The quantitative estimate of drug-likeness (QED) is 0.0272. The number of aliphatic hydroxyl groups is 1. The second-order valence-electron chi connectivity index (χ2n) is 23.5. The number of phosphoric acid groups is 1. The van der Waals surface area contributed by atoms with E-state index in [1.165, 1.54) is 257 Å². The number of hydrogen-bond donors (Lipinski definition) is 2. The summed E-state index contributed by atoms with van der Waals surface area (Å²) in [5.41, 5.74) is 0. The van der Waals surface area contributed by atoms with Crippen molar-refractivity contribution in [2.75, 3.05) is 40.9 Å². The molecule has 0 aromatic heterocycles. The molecule has 3 atom stereocenters. The van der Waals surface area contributed by atoms with Crippen LogP contribution in [0, 0.1) is 0 Å². The summed E-state index contributed by atoms with van der Waals surface area (Å²) in [4.78, 5) is 25.6. The molecule has 0 bridgehead atoms. The van der Waals surface area contributed by atoms with Crippen molar-refractivity contribution in [3.63, 3.8) is 0 Å². The van der Waals surface area contributed by atoms with Gasteiger partial charge in [-0.3, -0.25) is 9.36 Å². The van der Waals surface area contributed by atoms with E-state index in [2.05, 4.69) is 43.5 Å². The standard InChI is InChI=1S/C65H127N2O6P/c1-6-8-10-12-14-16-18-20-22-24-26-28-30-31-32-33-34-35-37-39-41-43-45-47-49-51-53-55-57-59-65(69)66-63(62-73-74(70,71)72-61-60-67(3,4)5)64(68)58-56-54-52-50-48-46-44-42-40-38-36-29-27-25-23-21-19-17-15-13-11-9-7-2/h26,28,31-32,56,58,63-64,68H,6-25,27,29-30,33-55,57,59-62H2,1-5H3,(H-,66,69,70,71)/b28-26-,32-31-,58-56+. The Morgan fingerprint density at radius 2 is 0.784 bits per heavy atom. The van der Waals surface area contributed by atoms with E-state index in [0.29, 0.717) is 17.4 Å². The van der Waals surface area contributed by atoms with Gasteiger partial charge in [-0.25, -0.2) is 0 Å². The molecule has 2 N–H and O–H groups in total. The summed E-state index contributed by atoms with van der Waals surface area (Å²) in [5, 5.41) is 13.9. The lowest BCUT2D eigenvalue weighted by Crippen LogP contribution is -2.45. The summed E-state index contributed by atoms with van der Waals surface area (Å²) in [5.74, 6) is -0.194. The molecule has 8 nitrogen and oxygen atoms in total. The summed E-state index contributed by atoms with van der Waals surface area (Å²) < 4.78 is 23.4. The maximum Gasteiger partial charge on any atom is 0.268 e. The Kier molecular flexibility index (Phi) is 55.5. The number of phosphoric ester groups is 1. The van der Waals surface area contributed by atoms with Gasteiger partial charge in [0.1, 0.15) is 13.2 Å². The van der Waals surface area contributed by atoms with Crippen molar-refractivity contribution < 1.29 is 32.9 Å². The van der Waals surface area contributed by atoms with Crippen LogP contribution in [0.25, 0.3) is 0 Å². The van der Waals surface area contributed by atoms with Crippen molar-refractivity contribution in [3.8, 4) is 0 Å². The molecule has 0 rings (SSSR count). The first-order valence-electron chi connectivity index (χ1n) is 32.4. The van der Waals surface area contributed by atoms with Gasteiger partial charge < -0.3 is 28.8 Å². The second kappa shape index (κ2) is 56.4. The molecule has 3 unspecified atom stereocenters. The van der Waals surface area contributed by atoms with E-state index in [9.17, 15) is 19.4 Å². The molecule has 0 heterocycles. The minimum absolute atomic E-state index is 0.0000786. The van der Waals surface area contributed by atoms with Gasteiger partial charge in [0.05, 0.1) is 39.9 Å². The highest BCUT2D eigenvalue weighted by Crippen LogP contribution is 2.38. The molecule has 9 heteroatoms. The third-order valence-corrected chi connectivity index (χ3v) is 15.8. The van der Waals surface area contributed by atoms with Gasteiger partial charge in [0.25, 0.3) is 7.82 Å². The molecule has 0 radical (unpaired) electrons. The predicted molar refractivity (Wildman–Crippen MR) is 321 cm³/mol. The normalized spacial score (nSPS) is 14.0. The monoisotopic (exact) mass is 1060 g/mol. The number of amides is 1. The molecule has 0 aliphatic carbocycles. The number of unbranched alkanes of at least 4 members (excludes halogenated alkanes) is 43. The van der Waals surface area contributed by atoms with Crippen LogP contribution >= 0.6 is 7.82 Å². The Morgan fingerprint density at radius 3 is 1.12 bits per heavy atom.